The monoisotopic (exact) mass is 448 g/mol. The van der Waals surface area contributed by atoms with Crippen LogP contribution in [0.3, 0.4) is 0 Å². The fourth-order valence-electron chi connectivity index (χ4n) is 4.38. The normalized spacial score (nSPS) is 15.1. The molecule has 1 saturated heterocycles. The lowest BCUT2D eigenvalue weighted by molar-refractivity contribution is -0.136. The number of rotatable bonds is 8. The Kier molecular flexibility index (Phi) is 7.35. The molecule has 1 fully saturated rings. The molecule has 0 bridgehead atoms. The van der Waals surface area contributed by atoms with E-state index in [0.29, 0.717) is 56.8 Å². The summed E-state index contributed by atoms with van der Waals surface area (Å²) in [6.45, 7) is 1.70. The second-order valence-corrected chi connectivity index (χ2v) is 8.44. The highest BCUT2D eigenvalue weighted by atomic mass is 19.1. The molecule has 6 heteroatoms. The molecule has 0 atom stereocenters. The predicted octanol–water partition coefficient (Wildman–Crippen LogP) is 4.59. The van der Waals surface area contributed by atoms with Crippen molar-refractivity contribution in [1.82, 2.24) is 10.3 Å². The van der Waals surface area contributed by atoms with Gasteiger partial charge in [0, 0.05) is 43.6 Å². The number of pyridine rings is 1. The summed E-state index contributed by atoms with van der Waals surface area (Å²) in [7, 11) is 1.58. The fraction of sp³-hybridized carbons (Fsp3) is 0.333. The van der Waals surface area contributed by atoms with Crippen LogP contribution in [0.1, 0.15) is 24.1 Å². The Morgan fingerprint density at radius 3 is 2.61 bits per heavy atom. The quantitative estimate of drug-likeness (QED) is 0.547. The summed E-state index contributed by atoms with van der Waals surface area (Å²) in [6.07, 6.45) is 4.46. The molecular weight excluding hydrogens is 419 g/mol. The molecule has 5 nitrogen and oxygen atoms in total. The van der Waals surface area contributed by atoms with Crippen molar-refractivity contribution in [2.75, 3.05) is 26.9 Å². The molecule has 172 valence electrons. The number of methoxy groups -OCH3 is 1. The number of aromatic nitrogens is 1. The molecule has 0 radical (unpaired) electrons. The summed E-state index contributed by atoms with van der Waals surface area (Å²) in [4.78, 5) is 17.6. The van der Waals surface area contributed by atoms with Crippen LogP contribution in [0.15, 0.2) is 66.9 Å². The van der Waals surface area contributed by atoms with Crippen molar-refractivity contribution in [3.05, 3.63) is 83.9 Å². The van der Waals surface area contributed by atoms with E-state index < -0.39 is 5.41 Å². The van der Waals surface area contributed by atoms with Crippen LogP contribution in [0.25, 0.3) is 11.1 Å². The molecule has 2 aromatic carbocycles. The van der Waals surface area contributed by atoms with Gasteiger partial charge in [0.25, 0.3) is 0 Å². The first kappa shape index (κ1) is 22.9. The van der Waals surface area contributed by atoms with Crippen molar-refractivity contribution >= 4 is 5.91 Å². The number of hydrogen-bond acceptors (Lipinski definition) is 4. The highest BCUT2D eigenvalue weighted by Gasteiger charge is 2.39. The third-order valence-corrected chi connectivity index (χ3v) is 6.29. The summed E-state index contributed by atoms with van der Waals surface area (Å²) in [5.74, 6) is 0.383. The highest BCUT2D eigenvalue weighted by molar-refractivity contribution is 5.83. The van der Waals surface area contributed by atoms with Crippen LogP contribution >= 0.6 is 0 Å². The molecule has 3 aromatic rings. The summed E-state index contributed by atoms with van der Waals surface area (Å²) in [5.41, 5.74) is 3.10. The number of ether oxygens (including phenoxy) is 2. The van der Waals surface area contributed by atoms with Crippen molar-refractivity contribution in [1.29, 1.82) is 0 Å². The maximum atomic E-state index is 13.8. The highest BCUT2D eigenvalue weighted by Crippen LogP contribution is 2.36. The molecule has 0 aliphatic carbocycles. The second kappa shape index (κ2) is 10.6. The minimum Gasteiger partial charge on any atom is -0.496 e. The van der Waals surface area contributed by atoms with Crippen molar-refractivity contribution in [2.45, 2.75) is 25.7 Å². The Morgan fingerprint density at radius 2 is 1.91 bits per heavy atom. The van der Waals surface area contributed by atoms with Crippen LogP contribution in [-0.2, 0) is 22.4 Å². The van der Waals surface area contributed by atoms with Gasteiger partial charge >= 0.3 is 0 Å². The fourth-order valence-corrected chi connectivity index (χ4v) is 4.38. The van der Waals surface area contributed by atoms with Crippen molar-refractivity contribution in [3.63, 3.8) is 0 Å². The third kappa shape index (κ3) is 5.57. The van der Waals surface area contributed by atoms with E-state index in [1.807, 2.05) is 42.5 Å². The smallest absolute Gasteiger partial charge is 0.226 e. The zero-order chi connectivity index (χ0) is 23.1. The minimum atomic E-state index is -0.500. The summed E-state index contributed by atoms with van der Waals surface area (Å²) in [5, 5.41) is 3.13. The Balaban J connectivity index is 1.47. The van der Waals surface area contributed by atoms with E-state index in [1.54, 1.807) is 19.4 Å². The van der Waals surface area contributed by atoms with Gasteiger partial charge in [-0.1, -0.05) is 30.3 Å². The van der Waals surface area contributed by atoms with Crippen molar-refractivity contribution < 1.29 is 18.7 Å². The topological polar surface area (TPSA) is 60.5 Å². The van der Waals surface area contributed by atoms with E-state index >= 15 is 0 Å². The number of carbonyl (C=O) groups is 1. The zero-order valence-electron chi connectivity index (χ0n) is 18.9. The summed E-state index contributed by atoms with van der Waals surface area (Å²) in [6, 6.07) is 18.2. The van der Waals surface area contributed by atoms with E-state index in [0.717, 1.165) is 16.8 Å². The van der Waals surface area contributed by atoms with Gasteiger partial charge in [0.2, 0.25) is 5.91 Å². The predicted molar refractivity (Wildman–Crippen MR) is 126 cm³/mol. The van der Waals surface area contributed by atoms with Crippen molar-refractivity contribution in [3.8, 4) is 16.9 Å². The van der Waals surface area contributed by atoms with E-state index in [2.05, 4.69) is 10.3 Å². The number of benzene rings is 2. The van der Waals surface area contributed by atoms with Crippen LogP contribution < -0.4 is 10.1 Å². The molecule has 0 saturated carbocycles. The molecule has 1 aliphatic heterocycles. The molecule has 4 rings (SSSR count). The number of amides is 1. The van der Waals surface area contributed by atoms with Gasteiger partial charge in [-0.05, 0) is 60.7 Å². The maximum Gasteiger partial charge on any atom is 0.226 e. The van der Waals surface area contributed by atoms with Crippen molar-refractivity contribution in [2.24, 2.45) is 5.41 Å². The maximum absolute atomic E-state index is 13.8. The molecule has 33 heavy (non-hydrogen) atoms. The van der Waals surface area contributed by atoms with Crippen LogP contribution in [0.4, 0.5) is 4.39 Å². The molecule has 0 unspecified atom stereocenters. The molecule has 1 amide bonds. The molecule has 1 aliphatic rings. The summed E-state index contributed by atoms with van der Waals surface area (Å²) < 4.78 is 24.7. The molecule has 1 aromatic heterocycles. The first-order valence-electron chi connectivity index (χ1n) is 11.3. The minimum absolute atomic E-state index is 0.0672. The van der Waals surface area contributed by atoms with Gasteiger partial charge < -0.3 is 14.8 Å². The van der Waals surface area contributed by atoms with E-state index in [4.69, 9.17) is 9.47 Å². The second-order valence-electron chi connectivity index (χ2n) is 8.44. The summed E-state index contributed by atoms with van der Waals surface area (Å²) >= 11 is 0. The molecular formula is C27H29FN2O3. The first-order chi connectivity index (χ1) is 16.1. The van der Waals surface area contributed by atoms with Gasteiger partial charge in [-0.25, -0.2) is 4.39 Å². The van der Waals surface area contributed by atoms with Crippen LogP contribution in [0.5, 0.6) is 5.75 Å². The SMILES string of the molecule is COc1ccc(F)cc1-c1ccc(CC2(C(=O)NCCc3ccccn3)CCOCC2)cc1. The Labute approximate surface area is 194 Å². The standard InChI is InChI=1S/C27H29FN2O3/c1-32-25-10-9-22(28)18-24(25)21-7-5-20(6-8-21)19-27(12-16-33-17-13-27)26(31)30-15-11-23-4-2-3-14-29-23/h2-10,14,18H,11-13,15-17,19H2,1H3,(H,30,31). The van der Waals surface area contributed by atoms with Crippen LogP contribution in [-0.4, -0.2) is 37.8 Å². The van der Waals surface area contributed by atoms with Gasteiger partial charge in [0.1, 0.15) is 11.6 Å². The average molecular weight is 449 g/mol. The number of nitrogens with zero attached hydrogens (tertiary/aromatic N) is 1. The van der Waals surface area contributed by atoms with Crippen LogP contribution in [0, 0.1) is 11.2 Å². The number of carbonyl (C=O) groups excluding carboxylic acids is 1. The Hall–Kier alpha value is -3.25. The Bertz CT molecular complexity index is 1060. The average Bonchev–Trinajstić information content (AvgIpc) is 2.85. The molecule has 0 spiro atoms. The Morgan fingerprint density at radius 1 is 1.12 bits per heavy atom. The molecule has 1 N–H and O–H groups in total. The lowest BCUT2D eigenvalue weighted by atomic mass is 9.74. The lowest BCUT2D eigenvalue weighted by Gasteiger charge is -2.36. The van der Waals surface area contributed by atoms with Gasteiger partial charge in [-0.2, -0.15) is 0 Å². The van der Waals surface area contributed by atoms with E-state index in [1.165, 1.54) is 12.1 Å². The number of halogens is 1. The van der Waals surface area contributed by atoms with Crippen LogP contribution in [0.2, 0.25) is 0 Å². The van der Waals surface area contributed by atoms with Gasteiger partial charge in [0.05, 0.1) is 12.5 Å². The largest absolute Gasteiger partial charge is 0.496 e. The van der Waals surface area contributed by atoms with Gasteiger partial charge in [-0.15, -0.1) is 0 Å². The number of nitrogens with one attached hydrogen (secondary N) is 1. The van der Waals surface area contributed by atoms with Gasteiger partial charge in [-0.3, -0.25) is 9.78 Å². The van der Waals surface area contributed by atoms with E-state index in [9.17, 15) is 9.18 Å². The van der Waals surface area contributed by atoms with E-state index in [-0.39, 0.29) is 11.7 Å². The number of hydrogen-bond donors (Lipinski definition) is 1. The lowest BCUT2D eigenvalue weighted by Crippen LogP contribution is -2.46. The zero-order valence-corrected chi connectivity index (χ0v) is 18.9. The van der Waals surface area contributed by atoms with Gasteiger partial charge in [0.15, 0.2) is 0 Å². The first-order valence-corrected chi connectivity index (χ1v) is 11.3. The molecule has 2 heterocycles. The third-order valence-electron chi connectivity index (χ3n) is 6.29.